The maximum Gasteiger partial charge on any atom is 0.200 e. The number of benzene rings is 1. The van der Waals surface area contributed by atoms with E-state index in [1.807, 2.05) is 39.8 Å². The molecule has 204 valence electrons. The van der Waals surface area contributed by atoms with Gasteiger partial charge in [0.1, 0.15) is 5.75 Å². The molecule has 0 saturated heterocycles. The zero-order valence-corrected chi connectivity index (χ0v) is 25.9. The third kappa shape index (κ3) is 8.68. The van der Waals surface area contributed by atoms with Gasteiger partial charge in [0, 0.05) is 12.7 Å². The minimum Gasteiger partial charge on any atom is -0.492 e. The number of hydrogen-bond acceptors (Lipinski definition) is 5. The number of hydrogen-bond donors (Lipinski definition) is 0. The molecule has 5 nitrogen and oxygen atoms in total. The van der Waals surface area contributed by atoms with Crippen molar-refractivity contribution < 1.29 is 23.4 Å². The van der Waals surface area contributed by atoms with Gasteiger partial charge in [0.25, 0.3) is 0 Å². The molecule has 0 aliphatic carbocycles. The summed E-state index contributed by atoms with van der Waals surface area (Å²) < 4.78 is 30.8. The third-order valence-electron chi connectivity index (χ3n) is 6.89. The highest BCUT2D eigenvalue weighted by atomic mass is 28.4. The van der Waals surface area contributed by atoms with E-state index in [1.165, 1.54) is 0 Å². The zero-order chi connectivity index (χ0) is 26.9. The number of rotatable bonds is 16. The molecule has 0 amide bonds. The van der Waals surface area contributed by atoms with E-state index < -0.39 is 8.32 Å². The molecular formula is C29H54O5Si. The molecule has 0 unspecified atom stereocenters. The molecule has 0 heterocycles. The third-order valence-corrected chi connectivity index (χ3v) is 13.0. The van der Waals surface area contributed by atoms with E-state index in [4.69, 9.17) is 23.4 Å². The molecule has 0 bridgehead atoms. The Balaban J connectivity index is 3.12. The second-order valence-corrected chi connectivity index (χ2v) is 16.9. The van der Waals surface area contributed by atoms with E-state index in [1.54, 1.807) is 14.2 Å². The van der Waals surface area contributed by atoms with Crippen LogP contribution in [0.25, 0.3) is 0 Å². The zero-order valence-electron chi connectivity index (χ0n) is 24.9. The van der Waals surface area contributed by atoms with E-state index in [-0.39, 0.29) is 18.3 Å². The SMILES string of the molecule is COc1c(OC(C)C)ccc(OC(C)C)c1C[C@@H](C)C[C@@H](CO[Si](C(C)C)(C(C)C)C(C)C)OC. The van der Waals surface area contributed by atoms with Crippen LogP contribution in [0.3, 0.4) is 0 Å². The summed E-state index contributed by atoms with van der Waals surface area (Å²) in [5.74, 6) is 2.72. The van der Waals surface area contributed by atoms with E-state index >= 15 is 0 Å². The van der Waals surface area contributed by atoms with Crippen LogP contribution in [0.4, 0.5) is 0 Å². The Labute approximate surface area is 217 Å². The van der Waals surface area contributed by atoms with Crippen LogP contribution in [0.2, 0.25) is 16.6 Å². The Morgan fingerprint density at radius 1 is 0.714 bits per heavy atom. The van der Waals surface area contributed by atoms with Crippen molar-refractivity contribution >= 4 is 8.32 Å². The van der Waals surface area contributed by atoms with Crippen LogP contribution in [0, 0.1) is 5.92 Å². The smallest absolute Gasteiger partial charge is 0.200 e. The van der Waals surface area contributed by atoms with Crippen LogP contribution in [0.15, 0.2) is 12.1 Å². The van der Waals surface area contributed by atoms with Gasteiger partial charge in [0.05, 0.1) is 32.0 Å². The topological polar surface area (TPSA) is 46.2 Å². The van der Waals surface area contributed by atoms with Gasteiger partial charge in [-0.2, -0.15) is 0 Å². The van der Waals surface area contributed by atoms with Crippen molar-refractivity contribution in [2.75, 3.05) is 20.8 Å². The average Bonchev–Trinajstić information content (AvgIpc) is 2.73. The van der Waals surface area contributed by atoms with Crippen LogP contribution in [-0.2, 0) is 15.6 Å². The van der Waals surface area contributed by atoms with Crippen molar-refractivity contribution in [2.24, 2.45) is 5.92 Å². The molecule has 0 N–H and O–H groups in total. The first-order valence-electron chi connectivity index (χ1n) is 13.5. The maximum absolute atomic E-state index is 6.85. The van der Waals surface area contributed by atoms with Gasteiger partial charge in [-0.15, -0.1) is 0 Å². The first-order chi connectivity index (χ1) is 16.3. The van der Waals surface area contributed by atoms with Crippen LogP contribution in [0.1, 0.15) is 88.1 Å². The molecule has 0 spiro atoms. The van der Waals surface area contributed by atoms with E-state index in [2.05, 4.69) is 48.5 Å². The second kappa shape index (κ2) is 14.5. The quantitative estimate of drug-likeness (QED) is 0.211. The van der Waals surface area contributed by atoms with Gasteiger partial charge in [0.15, 0.2) is 19.8 Å². The lowest BCUT2D eigenvalue weighted by Gasteiger charge is -2.43. The predicted octanol–water partition coefficient (Wildman–Crippen LogP) is 8.05. The molecule has 6 heteroatoms. The summed E-state index contributed by atoms with van der Waals surface area (Å²) in [4.78, 5) is 0. The van der Waals surface area contributed by atoms with Gasteiger partial charge in [-0.1, -0.05) is 48.5 Å². The summed E-state index contributed by atoms with van der Waals surface area (Å²) in [6.07, 6.45) is 1.89. The first kappa shape index (κ1) is 31.8. The van der Waals surface area contributed by atoms with Crippen LogP contribution < -0.4 is 14.2 Å². The lowest BCUT2D eigenvalue weighted by molar-refractivity contribution is 0.0358. The molecule has 0 aromatic heterocycles. The largest absolute Gasteiger partial charge is 0.492 e. The van der Waals surface area contributed by atoms with Crippen molar-refractivity contribution in [3.05, 3.63) is 17.7 Å². The van der Waals surface area contributed by atoms with Gasteiger partial charge >= 0.3 is 0 Å². The van der Waals surface area contributed by atoms with Crippen molar-refractivity contribution in [3.63, 3.8) is 0 Å². The maximum atomic E-state index is 6.85. The van der Waals surface area contributed by atoms with Crippen molar-refractivity contribution in [3.8, 4) is 17.2 Å². The first-order valence-corrected chi connectivity index (χ1v) is 15.6. The molecule has 0 radical (unpaired) electrons. The standard InChI is InChI=1S/C29H54O5Si/c1-19(2)33-27-14-15-28(34-20(3)4)29(31-13)26(27)17-24(11)16-25(30-12)18-32-35(21(5)6,22(7)8)23(9)10/h14-15,19-25H,16-18H2,1-13H3/t24-,25-/m0/s1. The molecule has 1 aromatic carbocycles. The highest BCUT2D eigenvalue weighted by Gasteiger charge is 2.45. The van der Waals surface area contributed by atoms with Crippen LogP contribution in [0.5, 0.6) is 17.2 Å². The normalized spacial score (nSPS) is 14.3. The highest BCUT2D eigenvalue weighted by molar-refractivity contribution is 6.77. The Kier molecular flexibility index (Phi) is 13.2. The Hall–Kier alpha value is -1.24. The van der Waals surface area contributed by atoms with Gasteiger partial charge < -0.3 is 23.4 Å². The van der Waals surface area contributed by atoms with Gasteiger partial charge in [-0.3, -0.25) is 0 Å². The molecule has 35 heavy (non-hydrogen) atoms. The second-order valence-electron chi connectivity index (χ2n) is 11.4. The molecular weight excluding hydrogens is 456 g/mol. The van der Waals surface area contributed by atoms with E-state index in [9.17, 15) is 0 Å². The Morgan fingerprint density at radius 2 is 1.20 bits per heavy atom. The van der Waals surface area contributed by atoms with Crippen molar-refractivity contribution in [1.29, 1.82) is 0 Å². The Bertz CT molecular complexity index is 723. The average molecular weight is 511 g/mol. The monoisotopic (exact) mass is 510 g/mol. The molecule has 0 aliphatic heterocycles. The van der Waals surface area contributed by atoms with Gasteiger partial charge in [-0.25, -0.2) is 0 Å². The highest BCUT2D eigenvalue weighted by Crippen LogP contribution is 2.43. The number of methoxy groups -OCH3 is 2. The lowest BCUT2D eigenvalue weighted by atomic mass is 9.94. The minimum absolute atomic E-state index is 0.0451. The molecule has 0 fully saturated rings. The molecule has 0 aliphatic rings. The molecule has 1 aromatic rings. The Morgan fingerprint density at radius 3 is 1.63 bits per heavy atom. The summed E-state index contributed by atoms with van der Waals surface area (Å²) in [7, 11) is 1.57. The lowest BCUT2D eigenvalue weighted by Crippen LogP contribution is -2.49. The summed E-state index contributed by atoms with van der Waals surface area (Å²) in [6, 6.07) is 3.96. The summed E-state index contributed by atoms with van der Waals surface area (Å²) >= 11 is 0. The molecule has 2 atom stereocenters. The number of ether oxygens (including phenoxy) is 4. The minimum atomic E-state index is -1.93. The molecule has 0 saturated carbocycles. The summed E-state index contributed by atoms with van der Waals surface area (Å²) in [6.45, 7) is 25.0. The fraction of sp³-hybridized carbons (Fsp3) is 0.793. The fourth-order valence-electron chi connectivity index (χ4n) is 5.57. The molecule has 1 rings (SSSR count). The van der Waals surface area contributed by atoms with Crippen molar-refractivity contribution in [1.82, 2.24) is 0 Å². The predicted molar refractivity (Wildman–Crippen MR) is 150 cm³/mol. The van der Waals surface area contributed by atoms with Crippen LogP contribution in [-0.4, -0.2) is 47.5 Å². The van der Waals surface area contributed by atoms with Crippen LogP contribution >= 0.6 is 0 Å². The fourth-order valence-corrected chi connectivity index (χ4v) is 11.0. The van der Waals surface area contributed by atoms with Gasteiger partial charge in [0.2, 0.25) is 0 Å². The van der Waals surface area contributed by atoms with E-state index in [0.717, 1.165) is 35.7 Å². The summed E-state index contributed by atoms with van der Waals surface area (Å²) in [5, 5.41) is 0. The van der Waals surface area contributed by atoms with E-state index in [0.29, 0.717) is 29.1 Å². The van der Waals surface area contributed by atoms with Gasteiger partial charge in [-0.05, 0) is 75.2 Å². The summed E-state index contributed by atoms with van der Waals surface area (Å²) in [5.41, 5.74) is 2.72. The van der Waals surface area contributed by atoms with Crippen molar-refractivity contribution in [2.45, 2.75) is 124 Å².